The summed E-state index contributed by atoms with van der Waals surface area (Å²) in [5, 5.41) is 1.50. The SMILES string of the molecule is COC(=O)c1occc1CSc1nc2sc3c(c2c(=O)n1CCCN(C)C)CCCC3. The molecule has 0 atom stereocenters. The van der Waals surface area contributed by atoms with Crippen LogP contribution in [0.4, 0.5) is 0 Å². The van der Waals surface area contributed by atoms with Crippen molar-refractivity contribution in [3.05, 3.63) is 44.4 Å². The first kappa shape index (κ1) is 22.1. The van der Waals surface area contributed by atoms with E-state index in [9.17, 15) is 9.59 Å². The molecule has 166 valence electrons. The molecule has 3 aromatic rings. The zero-order valence-electron chi connectivity index (χ0n) is 18.1. The summed E-state index contributed by atoms with van der Waals surface area (Å²) in [4.78, 5) is 34.7. The van der Waals surface area contributed by atoms with E-state index in [-0.39, 0.29) is 11.3 Å². The number of thioether (sulfide) groups is 1. The number of furan rings is 1. The lowest BCUT2D eigenvalue weighted by Crippen LogP contribution is -2.26. The first-order valence-corrected chi connectivity index (χ1v) is 12.3. The number of thiophene rings is 1. The van der Waals surface area contributed by atoms with Crippen LogP contribution in [0.25, 0.3) is 10.2 Å². The van der Waals surface area contributed by atoms with Crippen LogP contribution in [-0.4, -0.2) is 48.2 Å². The molecule has 0 saturated heterocycles. The van der Waals surface area contributed by atoms with Gasteiger partial charge in [-0.25, -0.2) is 9.78 Å². The highest BCUT2D eigenvalue weighted by atomic mass is 32.2. The van der Waals surface area contributed by atoms with E-state index < -0.39 is 5.97 Å². The predicted octanol–water partition coefficient (Wildman–Crippen LogP) is 3.96. The molecule has 0 saturated carbocycles. The topological polar surface area (TPSA) is 77.6 Å². The molecule has 0 bridgehead atoms. The molecule has 9 heteroatoms. The number of fused-ring (bicyclic) bond motifs is 3. The fourth-order valence-corrected chi connectivity index (χ4v) is 6.24. The summed E-state index contributed by atoms with van der Waals surface area (Å²) >= 11 is 3.12. The van der Waals surface area contributed by atoms with Crippen LogP contribution in [0.2, 0.25) is 0 Å². The van der Waals surface area contributed by atoms with E-state index in [1.54, 1.807) is 17.4 Å². The fraction of sp³-hybridized carbons (Fsp3) is 0.500. The molecule has 0 fully saturated rings. The van der Waals surface area contributed by atoms with E-state index >= 15 is 0 Å². The Morgan fingerprint density at radius 1 is 1.35 bits per heavy atom. The van der Waals surface area contributed by atoms with Gasteiger partial charge in [0.1, 0.15) is 4.83 Å². The highest BCUT2D eigenvalue weighted by Gasteiger charge is 2.23. The van der Waals surface area contributed by atoms with Crippen LogP contribution in [0.5, 0.6) is 0 Å². The molecule has 0 spiro atoms. The van der Waals surface area contributed by atoms with E-state index in [4.69, 9.17) is 14.1 Å². The number of hydrogen-bond donors (Lipinski definition) is 0. The van der Waals surface area contributed by atoms with Gasteiger partial charge in [-0.3, -0.25) is 9.36 Å². The number of rotatable bonds is 8. The summed E-state index contributed by atoms with van der Waals surface area (Å²) in [6.07, 6.45) is 6.65. The summed E-state index contributed by atoms with van der Waals surface area (Å²) < 4.78 is 11.9. The Morgan fingerprint density at radius 3 is 2.94 bits per heavy atom. The molecule has 1 aliphatic rings. The van der Waals surface area contributed by atoms with Gasteiger partial charge in [-0.05, 0) is 64.4 Å². The second kappa shape index (κ2) is 9.58. The average Bonchev–Trinajstić information content (AvgIpc) is 3.37. The monoisotopic (exact) mass is 461 g/mol. The molecule has 0 radical (unpaired) electrons. The van der Waals surface area contributed by atoms with Crippen molar-refractivity contribution >= 4 is 39.3 Å². The van der Waals surface area contributed by atoms with Gasteiger partial charge < -0.3 is 14.1 Å². The van der Waals surface area contributed by atoms with Crippen LogP contribution in [-0.2, 0) is 29.9 Å². The molecule has 3 aromatic heterocycles. The van der Waals surface area contributed by atoms with E-state index in [2.05, 4.69) is 4.90 Å². The first-order valence-electron chi connectivity index (χ1n) is 10.5. The Balaban J connectivity index is 1.69. The Morgan fingerprint density at radius 2 is 2.16 bits per heavy atom. The van der Waals surface area contributed by atoms with Gasteiger partial charge in [0.25, 0.3) is 5.56 Å². The van der Waals surface area contributed by atoms with E-state index in [0.717, 1.165) is 48.0 Å². The summed E-state index contributed by atoms with van der Waals surface area (Å²) in [5.41, 5.74) is 2.01. The first-order chi connectivity index (χ1) is 15.0. The lowest BCUT2D eigenvalue weighted by molar-refractivity contribution is 0.0564. The number of methoxy groups -OCH3 is 1. The maximum atomic E-state index is 13.6. The Kier molecular flexibility index (Phi) is 6.83. The van der Waals surface area contributed by atoms with Crippen molar-refractivity contribution < 1.29 is 13.9 Å². The maximum absolute atomic E-state index is 13.6. The highest BCUT2D eigenvalue weighted by Crippen LogP contribution is 2.35. The number of nitrogens with zero attached hydrogens (tertiary/aromatic N) is 3. The number of hydrogen-bond acceptors (Lipinski definition) is 8. The number of ether oxygens (including phenoxy) is 1. The normalized spacial score (nSPS) is 13.7. The van der Waals surface area contributed by atoms with Crippen LogP contribution in [0.3, 0.4) is 0 Å². The van der Waals surface area contributed by atoms with Crippen LogP contribution in [0, 0.1) is 0 Å². The largest absolute Gasteiger partial charge is 0.463 e. The van der Waals surface area contributed by atoms with Crippen LogP contribution < -0.4 is 5.56 Å². The van der Waals surface area contributed by atoms with Gasteiger partial charge in [-0.15, -0.1) is 11.3 Å². The molecule has 0 aromatic carbocycles. The molecule has 0 N–H and O–H groups in total. The van der Waals surface area contributed by atoms with Gasteiger partial charge in [-0.1, -0.05) is 11.8 Å². The van der Waals surface area contributed by atoms with Gasteiger partial charge in [0.2, 0.25) is 5.76 Å². The minimum atomic E-state index is -0.502. The molecule has 4 rings (SSSR count). The zero-order valence-corrected chi connectivity index (χ0v) is 19.7. The van der Waals surface area contributed by atoms with Crippen molar-refractivity contribution in [1.29, 1.82) is 0 Å². The Hall–Kier alpha value is -2.10. The molecule has 0 amide bonds. The maximum Gasteiger partial charge on any atom is 0.374 e. The zero-order chi connectivity index (χ0) is 22.0. The summed E-state index contributed by atoms with van der Waals surface area (Å²) in [6.45, 7) is 1.51. The van der Waals surface area contributed by atoms with Crippen LogP contribution >= 0.6 is 23.1 Å². The lowest BCUT2D eigenvalue weighted by atomic mass is 9.97. The average molecular weight is 462 g/mol. The minimum Gasteiger partial charge on any atom is -0.463 e. The fourth-order valence-electron chi connectivity index (χ4n) is 3.94. The highest BCUT2D eigenvalue weighted by molar-refractivity contribution is 7.98. The second-order valence-corrected chi connectivity index (χ2v) is 9.98. The summed E-state index contributed by atoms with van der Waals surface area (Å²) in [6, 6.07) is 1.76. The lowest BCUT2D eigenvalue weighted by Gasteiger charge is -2.15. The molecule has 31 heavy (non-hydrogen) atoms. The van der Waals surface area contributed by atoms with E-state index in [1.807, 2.05) is 18.7 Å². The Labute approximate surface area is 189 Å². The van der Waals surface area contributed by atoms with E-state index in [0.29, 0.717) is 17.5 Å². The van der Waals surface area contributed by atoms with Crippen LogP contribution in [0.1, 0.15) is 45.8 Å². The van der Waals surface area contributed by atoms with Crippen molar-refractivity contribution in [3.63, 3.8) is 0 Å². The van der Waals surface area contributed by atoms with Gasteiger partial charge >= 0.3 is 5.97 Å². The number of aromatic nitrogens is 2. The second-order valence-electron chi connectivity index (χ2n) is 7.95. The predicted molar refractivity (Wildman–Crippen MR) is 123 cm³/mol. The van der Waals surface area contributed by atoms with Crippen LogP contribution in [0.15, 0.2) is 26.7 Å². The number of esters is 1. The number of carbonyl (C=O) groups excluding carboxylic acids is 1. The van der Waals surface area contributed by atoms with Crippen molar-refractivity contribution in [2.45, 2.75) is 49.6 Å². The quantitative estimate of drug-likeness (QED) is 0.285. The molecule has 3 heterocycles. The Bertz CT molecular complexity index is 1150. The van der Waals surface area contributed by atoms with Crippen molar-refractivity contribution in [2.75, 3.05) is 27.7 Å². The van der Waals surface area contributed by atoms with E-state index in [1.165, 1.54) is 42.0 Å². The van der Waals surface area contributed by atoms with Gasteiger partial charge in [0, 0.05) is 22.7 Å². The van der Waals surface area contributed by atoms with Crippen molar-refractivity contribution in [1.82, 2.24) is 14.5 Å². The molecular formula is C22H27N3O4S2. The number of carbonyl (C=O) groups is 1. The molecule has 0 unspecified atom stereocenters. The molecule has 1 aliphatic carbocycles. The molecule has 7 nitrogen and oxygen atoms in total. The van der Waals surface area contributed by atoms with Gasteiger partial charge in [0.05, 0.1) is 18.8 Å². The minimum absolute atomic E-state index is 0.0611. The molecule has 0 aliphatic heterocycles. The third-order valence-corrected chi connectivity index (χ3v) is 7.71. The third-order valence-electron chi connectivity index (χ3n) is 5.50. The summed E-state index contributed by atoms with van der Waals surface area (Å²) in [7, 11) is 5.39. The number of aryl methyl sites for hydroxylation is 2. The summed E-state index contributed by atoms with van der Waals surface area (Å²) in [5.74, 6) is 0.167. The van der Waals surface area contributed by atoms with Crippen molar-refractivity contribution in [2.24, 2.45) is 0 Å². The smallest absolute Gasteiger partial charge is 0.374 e. The third kappa shape index (κ3) is 4.58. The standard InChI is InChI=1S/C22H27N3O4S2/c1-24(2)10-6-11-25-20(26)17-15-7-4-5-8-16(15)31-19(17)23-22(25)30-13-14-9-12-29-18(14)21(27)28-3/h9,12H,4-8,10-11,13H2,1-3H3. The van der Waals surface area contributed by atoms with Gasteiger partial charge in [-0.2, -0.15) is 0 Å². The van der Waals surface area contributed by atoms with Gasteiger partial charge in [0.15, 0.2) is 5.16 Å². The van der Waals surface area contributed by atoms with Crippen molar-refractivity contribution in [3.8, 4) is 0 Å². The molecular weight excluding hydrogens is 434 g/mol.